The number of fused-ring (bicyclic) bond motifs is 2. The van der Waals surface area contributed by atoms with Gasteiger partial charge in [0.15, 0.2) is 0 Å². The van der Waals surface area contributed by atoms with Gasteiger partial charge in [-0.05, 0) is 37.1 Å². The van der Waals surface area contributed by atoms with E-state index in [1.165, 1.54) is 7.11 Å². The molecule has 1 aliphatic heterocycles. The highest BCUT2D eigenvalue weighted by atomic mass is 16.5. The summed E-state index contributed by atoms with van der Waals surface area (Å²) in [4.78, 5) is 30.8. The summed E-state index contributed by atoms with van der Waals surface area (Å²) in [7, 11) is 1.33. The maximum atomic E-state index is 13.9. The maximum absolute atomic E-state index is 13.9. The average Bonchev–Trinajstić information content (AvgIpc) is 3.55. The molecule has 9 heteroatoms. The third kappa shape index (κ3) is 4.65. The Labute approximate surface area is 208 Å². The zero-order valence-corrected chi connectivity index (χ0v) is 20.3. The maximum Gasteiger partial charge on any atom is 0.337 e. The quantitative estimate of drug-likeness (QED) is 0.284. The van der Waals surface area contributed by atoms with E-state index in [-0.39, 0.29) is 11.7 Å². The third-order valence-electron chi connectivity index (χ3n) is 6.56. The number of benzene rings is 2. The van der Waals surface area contributed by atoms with Gasteiger partial charge in [-0.3, -0.25) is 4.79 Å². The first-order chi connectivity index (χ1) is 17.6. The fourth-order valence-electron chi connectivity index (χ4n) is 4.82. The lowest BCUT2D eigenvalue weighted by Crippen LogP contribution is -2.26. The second-order valence-corrected chi connectivity index (χ2v) is 8.86. The number of para-hydroxylation sites is 1. The normalized spacial score (nSPS) is 15.7. The van der Waals surface area contributed by atoms with Gasteiger partial charge in [0.1, 0.15) is 5.69 Å². The molecule has 1 aliphatic rings. The van der Waals surface area contributed by atoms with Crippen molar-refractivity contribution < 1.29 is 19.0 Å². The molecule has 1 saturated heterocycles. The number of aromatic nitrogens is 3. The molecule has 4 aromatic rings. The minimum Gasteiger partial charge on any atom is -0.465 e. The SMILES string of the molecule is COC(=O)c1ccc2nc(-c3cn(CC4CCCO4)c4ccccc34)c(=O)n(CCOCCN)c2c1. The van der Waals surface area contributed by atoms with Crippen molar-refractivity contribution in [3.63, 3.8) is 0 Å². The highest BCUT2D eigenvalue weighted by Crippen LogP contribution is 2.30. The molecule has 2 aromatic heterocycles. The lowest BCUT2D eigenvalue weighted by Gasteiger charge is -2.13. The number of esters is 1. The average molecular weight is 491 g/mol. The molecule has 5 rings (SSSR count). The lowest BCUT2D eigenvalue weighted by molar-refractivity contribution is 0.0601. The van der Waals surface area contributed by atoms with Gasteiger partial charge in [0.25, 0.3) is 5.56 Å². The van der Waals surface area contributed by atoms with Crippen molar-refractivity contribution in [3.05, 3.63) is 64.6 Å². The number of ether oxygens (including phenoxy) is 3. The largest absolute Gasteiger partial charge is 0.465 e. The topological polar surface area (TPSA) is 111 Å². The molecule has 1 fully saturated rings. The molecule has 188 valence electrons. The van der Waals surface area contributed by atoms with E-state index in [4.69, 9.17) is 24.9 Å². The van der Waals surface area contributed by atoms with Gasteiger partial charge in [0.2, 0.25) is 0 Å². The van der Waals surface area contributed by atoms with Crippen LogP contribution < -0.4 is 11.3 Å². The van der Waals surface area contributed by atoms with E-state index in [1.807, 2.05) is 24.4 Å². The molecule has 0 radical (unpaired) electrons. The van der Waals surface area contributed by atoms with Crippen LogP contribution in [0.2, 0.25) is 0 Å². The van der Waals surface area contributed by atoms with E-state index in [2.05, 4.69) is 10.6 Å². The summed E-state index contributed by atoms with van der Waals surface area (Å²) in [6, 6.07) is 13.1. The minimum atomic E-state index is -0.475. The second-order valence-electron chi connectivity index (χ2n) is 8.86. The predicted octanol–water partition coefficient (Wildman–Crippen LogP) is 2.96. The highest BCUT2D eigenvalue weighted by Gasteiger charge is 2.22. The second kappa shape index (κ2) is 10.6. The van der Waals surface area contributed by atoms with Gasteiger partial charge < -0.3 is 29.1 Å². The van der Waals surface area contributed by atoms with Crippen LogP contribution in [0.15, 0.2) is 53.5 Å². The zero-order valence-electron chi connectivity index (χ0n) is 20.3. The summed E-state index contributed by atoms with van der Waals surface area (Å²) in [5, 5.41) is 0.955. The van der Waals surface area contributed by atoms with Crippen LogP contribution in [0, 0.1) is 0 Å². The number of rotatable bonds is 9. The van der Waals surface area contributed by atoms with Crippen LogP contribution in [0.4, 0.5) is 0 Å². The number of methoxy groups -OCH3 is 1. The van der Waals surface area contributed by atoms with Crippen molar-refractivity contribution in [3.8, 4) is 11.3 Å². The van der Waals surface area contributed by atoms with Gasteiger partial charge in [-0.1, -0.05) is 18.2 Å². The highest BCUT2D eigenvalue weighted by molar-refractivity contribution is 5.97. The number of carbonyl (C=O) groups excluding carboxylic acids is 1. The summed E-state index contributed by atoms with van der Waals surface area (Å²) in [5.41, 5.74) is 8.95. The first kappa shape index (κ1) is 24.2. The van der Waals surface area contributed by atoms with E-state index in [1.54, 1.807) is 22.8 Å². The molecule has 9 nitrogen and oxygen atoms in total. The van der Waals surface area contributed by atoms with Crippen molar-refractivity contribution in [1.29, 1.82) is 0 Å². The molecule has 0 spiro atoms. The van der Waals surface area contributed by atoms with Crippen molar-refractivity contribution in [2.45, 2.75) is 32.0 Å². The summed E-state index contributed by atoms with van der Waals surface area (Å²) >= 11 is 0. The van der Waals surface area contributed by atoms with Gasteiger partial charge in [0.05, 0.1) is 43.0 Å². The Morgan fingerprint density at radius 1 is 1.19 bits per heavy atom. The fraction of sp³-hybridized carbons (Fsp3) is 0.370. The standard InChI is InChI=1S/C27H30N4O5/c1-34-27(33)18-8-9-22-24(15-18)31(11-14-35-13-10-28)26(32)25(29-22)21-17-30(16-19-5-4-12-36-19)23-7-3-2-6-20(21)23/h2-3,6-9,15,17,19H,4-5,10-14,16,28H2,1H3. The molecule has 3 heterocycles. The van der Waals surface area contributed by atoms with Gasteiger partial charge in [0, 0.05) is 48.9 Å². The Kier molecular flexibility index (Phi) is 7.13. The minimum absolute atomic E-state index is 0.159. The van der Waals surface area contributed by atoms with Crippen LogP contribution in [-0.4, -0.2) is 59.7 Å². The third-order valence-corrected chi connectivity index (χ3v) is 6.56. The number of nitrogens with zero attached hydrogens (tertiary/aromatic N) is 3. The molecule has 0 aliphatic carbocycles. The van der Waals surface area contributed by atoms with E-state index >= 15 is 0 Å². The van der Waals surface area contributed by atoms with Gasteiger partial charge in [-0.15, -0.1) is 0 Å². The van der Waals surface area contributed by atoms with E-state index in [9.17, 15) is 9.59 Å². The molecular weight excluding hydrogens is 460 g/mol. The fourth-order valence-corrected chi connectivity index (χ4v) is 4.82. The Balaban J connectivity index is 1.65. The Morgan fingerprint density at radius 2 is 2.06 bits per heavy atom. The number of hydrogen-bond donors (Lipinski definition) is 1. The predicted molar refractivity (Wildman–Crippen MR) is 137 cm³/mol. The van der Waals surface area contributed by atoms with Crippen molar-refractivity contribution in [1.82, 2.24) is 14.1 Å². The van der Waals surface area contributed by atoms with Crippen molar-refractivity contribution in [2.75, 3.05) is 33.5 Å². The van der Waals surface area contributed by atoms with Crippen molar-refractivity contribution >= 4 is 27.9 Å². The van der Waals surface area contributed by atoms with Crippen LogP contribution in [0.1, 0.15) is 23.2 Å². The summed E-state index contributed by atoms with van der Waals surface area (Å²) in [5.74, 6) is -0.475. The van der Waals surface area contributed by atoms with Crippen LogP contribution in [0.3, 0.4) is 0 Å². The summed E-state index contributed by atoms with van der Waals surface area (Å²) in [6.45, 7) is 2.90. The monoisotopic (exact) mass is 490 g/mol. The first-order valence-electron chi connectivity index (χ1n) is 12.2. The molecular formula is C27H30N4O5. The van der Waals surface area contributed by atoms with Crippen LogP contribution in [-0.2, 0) is 27.3 Å². The molecule has 2 N–H and O–H groups in total. The van der Waals surface area contributed by atoms with Crippen LogP contribution in [0.5, 0.6) is 0 Å². The van der Waals surface area contributed by atoms with Gasteiger partial charge in [-0.25, -0.2) is 9.78 Å². The molecule has 36 heavy (non-hydrogen) atoms. The van der Waals surface area contributed by atoms with Crippen molar-refractivity contribution in [2.24, 2.45) is 5.73 Å². The van der Waals surface area contributed by atoms with E-state index < -0.39 is 5.97 Å². The zero-order chi connectivity index (χ0) is 25.1. The number of nitrogens with two attached hydrogens (primary N) is 1. The van der Waals surface area contributed by atoms with Gasteiger partial charge >= 0.3 is 5.97 Å². The first-order valence-corrected chi connectivity index (χ1v) is 12.2. The molecule has 1 atom stereocenters. The Morgan fingerprint density at radius 3 is 2.83 bits per heavy atom. The van der Waals surface area contributed by atoms with Gasteiger partial charge in [-0.2, -0.15) is 0 Å². The Bertz CT molecular complexity index is 1450. The summed E-state index contributed by atoms with van der Waals surface area (Å²) in [6.07, 6.45) is 4.24. The number of hydrogen-bond acceptors (Lipinski definition) is 7. The number of carbonyl (C=O) groups is 1. The summed E-state index contributed by atoms with van der Waals surface area (Å²) < 4.78 is 20.1. The van der Waals surface area contributed by atoms with E-state index in [0.29, 0.717) is 48.6 Å². The molecule has 2 aromatic carbocycles. The van der Waals surface area contributed by atoms with Crippen LogP contribution >= 0.6 is 0 Å². The lowest BCUT2D eigenvalue weighted by atomic mass is 10.1. The molecule has 0 saturated carbocycles. The molecule has 1 unspecified atom stereocenters. The van der Waals surface area contributed by atoms with Crippen LogP contribution in [0.25, 0.3) is 33.2 Å². The molecule has 0 bridgehead atoms. The smallest absolute Gasteiger partial charge is 0.337 e. The Hall–Kier alpha value is -3.53. The molecule has 0 amide bonds. The van der Waals surface area contributed by atoms with E-state index in [0.717, 1.165) is 42.5 Å².